The Morgan fingerprint density at radius 3 is 2.03 bits per heavy atom. The van der Waals surface area contributed by atoms with Gasteiger partial charge in [0.2, 0.25) is 0 Å². The molecule has 0 amide bonds. The number of ether oxygens (including phenoxy) is 3. The van der Waals surface area contributed by atoms with E-state index in [1.807, 2.05) is 68.4 Å². The number of rotatable bonds is 11. The first-order valence-electron chi connectivity index (χ1n) is 12.2. The topological polar surface area (TPSA) is 61.8 Å². The zero-order valence-electron chi connectivity index (χ0n) is 20.3. The van der Waals surface area contributed by atoms with Crippen molar-refractivity contribution in [1.29, 1.82) is 0 Å². The third-order valence-electron chi connectivity index (χ3n) is 6.26. The molecule has 5 nitrogen and oxygen atoms in total. The molecule has 182 valence electrons. The lowest BCUT2D eigenvalue weighted by atomic mass is 9.98. The maximum absolute atomic E-state index is 12.7. The quantitative estimate of drug-likeness (QED) is 0.325. The highest BCUT2D eigenvalue weighted by Gasteiger charge is 2.29. The largest absolute Gasteiger partial charge is 0.465 e. The van der Waals surface area contributed by atoms with Crippen molar-refractivity contribution in [3.8, 4) is 11.1 Å². The standard InChI is InChI=1S/C30H32O5/c1-21(2)33-19-23(30(32)35-18-22-10-4-3-5-11-22)16-17-29(31)34-20-28-26-14-8-6-12-24(26)25-13-7-9-15-27(25)28/h3-15,21,23,28H,16-20H2,1-2H3/t23-/m0/s1. The van der Waals surface area contributed by atoms with Gasteiger partial charge in [-0.2, -0.15) is 0 Å². The molecule has 1 aliphatic rings. The summed E-state index contributed by atoms with van der Waals surface area (Å²) in [6.45, 7) is 4.51. The maximum atomic E-state index is 12.7. The molecule has 0 spiro atoms. The summed E-state index contributed by atoms with van der Waals surface area (Å²) in [6, 6.07) is 26.0. The van der Waals surface area contributed by atoms with Crippen LogP contribution in [-0.2, 0) is 30.4 Å². The third-order valence-corrected chi connectivity index (χ3v) is 6.26. The number of carbonyl (C=O) groups excluding carboxylic acids is 2. The Balaban J connectivity index is 1.32. The molecular formula is C30H32O5. The second-order valence-electron chi connectivity index (χ2n) is 9.12. The third kappa shape index (κ3) is 6.37. The van der Waals surface area contributed by atoms with E-state index >= 15 is 0 Å². The van der Waals surface area contributed by atoms with Gasteiger partial charge >= 0.3 is 11.9 Å². The zero-order chi connectivity index (χ0) is 24.6. The van der Waals surface area contributed by atoms with Crippen molar-refractivity contribution in [2.75, 3.05) is 13.2 Å². The molecule has 0 unspecified atom stereocenters. The Kier molecular flexibility index (Phi) is 8.32. The smallest absolute Gasteiger partial charge is 0.311 e. The van der Waals surface area contributed by atoms with Gasteiger partial charge in [-0.25, -0.2) is 0 Å². The number of hydrogen-bond donors (Lipinski definition) is 0. The average molecular weight is 473 g/mol. The molecule has 0 saturated carbocycles. The molecule has 3 aromatic carbocycles. The first-order chi connectivity index (χ1) is 17.0. The second kappa shape index (κ2) is 11.8. The van der Waals surface area contributed by atoms with Crippen LogP contribution >= 0.6 is 0 Å². The molecule has 3 aromatic rings. The Morgan fingerprint density at radius 1 is 0.800 bits per heavy atom. The molecule has 1 atom stereocenters. The minimum absolute atomic E-state index is 0.0160. The van der Waals surface area contributed by atoms with E-state index in [0.717, 1.165) is 5.56 Å². The van der Waals surface area contributed by atoms with Crippen LogP contribution in [0.1, 0.15) is 49.3 Å². The molecular weight excluding hydrogens is 440 g/mol. The lowest BCUT2D eigenvalue weighted by Crippen LogP contribution is -2.25. The van der Waals surface area contributed by atoms with Gasteiger partial charge in [-0.05, 0) is 48.1 Å². The fraction of sp³-hybridized carbons (Fsp3) is 0.333. The van der Waals surface area contributed by atoms with Gasteiger partial charge in [-0.15, -0.1) is 0 Å². The number of carbonyl (C=O) groups is 2. The van der Waals surface area contributed by atoms with Crippen molar-refractivity contribution in [2.45, 2.75) is 45.3 Å². The van der Waals surface area contributed by atoms with Crippen LogP contribution in [-0.4, -0.2) is 31.3 Å². The molecule has 0 fully saturated rings. The molecule has 5 heteroatoms. The summed E-state index contributed by atoms with van der Waals surface area (Å²) in [5, 5.41) is 0. The van der Waals surface area contributed by atoms with E-state index in [1.165, 1.54) is 22.3 Å². The predicted molar refractivity (Wildman–Crippen MR) is 135 cm³/mol. The summed E-state index contributed by atoms with van der Waals surface area (Å²) in [4.78, 5) is 25.4. The molecule has 35 heavy (non-hydrogen) atoms. The molecule has 0 bridgehead atoms. The van der Waals surface area contributed by atoms with Crippen LogP contribution in [0.5, 0.6) is 0 Å². The molecule has 0 radical (unpaired) electrons. The van der Waals surface area contributed by atoms with Gasteiger partial charge in [-0.3, -0.25) is 9.59 Å². The number of esters is 2. The highest BCUT2D eigenvalue weighted by atomic mass is 16.5. The first-order valence-corrected chi connectivity index (χ1v) is 12.2. The lowest BCUT2D eigenvalue weighted by Gasteiger charge is -2.18. The second-order valence-corrected chi connectivity index (χ2v) is 9.12. The molecule has 0 heterocycles. The van der Waals surface area contributed by atoms with Crippen molar-refractivity contribution in [3.05, 3.63) is 95.6 Å². The van der Waals surface area contributed by atoms with Gasteiger partial charge in [-0.1, -0.05) is 78.9 Å². The fourth-order valence-corrected chi connectivity index (χ4v) is 4.40. The summed E-state index contributed by atoms with van der Waals surface area (Å²) in [7, 11) is 0. The highest BCUT2D eigenvalue weighted by Crippen LogP contribution is 2.44. The van der Waals surface area contributed by atoms with Gasteiger partial charge in [0.15, 0.2) is 0 Å². The van der Waals surface area contributed by atoms with Crippen LogP contribution < -0.4 is 0 Å². The number of hydrogen-bond acceptors (Lipinski definition) is 5. The Labute approximate surface area is 207 Å². The van der Waals surface area contributed by atoms with Gasteiger partial charge in [0.05, 0.1) is 18.6 Å². The van der Waals surface area contributed by atoms with Crippen molar-refractivity contribution >= 4 is 11.9 Å². The Bertz CT molecular complexity index is 1090. The molecule has 0 saturated heterocycles. The van der Waals surface area contributed by atoms with Crippen LogP contribution in [0.3, 0.4) is 0 Å². The Morgan fingerprint density at radius 2 is 1.40 bits per heavy atom. The van der Waals surface area contributed by atoms with Gasteiger partial charge in [0, 0.05) is 12.3 Å². The van der Waals surface area contributed by atoms with Crippen LogP contribution in [0.15, 0.2) is 78.9 Å². The predicted octanol–water partition coefficient (Wildman–Crippen LogP) is 5.91. The first kappa shape index (κ1) is 24.7. The van der Waals surface area contributed by atoms with Crippen molar-refractivity contribution < 1.29 is 23.8 Å². The molecule has 0 aromatic heterocycles. The van der Waals surface area contributed by atoms with Gasteiger partial charge in [0.1, 0.15) is 13.2 Å². The summed E-state index contributed by atoms with van der Waals surface area (Å²) < 4.78 is 16.9. The molecule has 0 aliphatic heterocycles. The normalized spacial score (nSPS) is 13.2. The van der Waals surface area contributed by atoms with E-state index in [0.29, 0.717) is 6.42 Å². The number of benzene rings is 3. The van der Waals surface area contributed by atoms with Gasteiger partial charge in [0.25, 0.3) is 0 Å². The zero-order valence-corrected chi connectivity index (χ0v) is 20.3. The van der Waals surface area contributed by atoms with Crippen LogP contribution in [0.25, 0.3) is 11.1 Å². The van der Waals surface area contributed by atoms with Crippen LogP contribution in [0.2, 0.25) is 0 Å². The monoisotopic (exact) mass is 472 g/mol. The van der Waals surface area contributed by atoms with E-state index < -0.39 is 5.92 Å². The highest BCUT2D eigenvalue weighted by molar-refractivity contribution is 5.79. The molecule has 1 aliphatic carbocycles. The summed E-state index contributed by atoms with van der Waals surface area (Å²) in [6.07, 6.45) is 0.424. The van der Waals surface area contributed by atoms with Crippen molar-refractivity contribution in [3.63, 3.8) is 0 Å². The minimum atomic E-state index is -0.526. The maximum Gasteiger partial charge on any atom is 0.311 e. The SMILES string of the molecule is CC(C)OC[C@H](CCC(=O)OCC1c2ccccc2-c2ccccc21)C(=O)OCc1ccccc1. The van der Waals surface area contributed by atoms with E-state index in [2.05, 4.69) is 24.3 Å². The van der Waals surface area contributed by atoms with E-state index in [9.17, 15) is 9.59 Å². The summed E-state index contributed by atoms with van der Waals surface area (Å²) in [5.41, 5.74) is 5.65. The Hall–Kier alpha value is -3.44. The fourth-order valence-electron chi connectivity index (χ4n) is 4.40. The van der Waals surface area contributed by atoms with Crippen LogP contribution in [0, 0.1) is 5.92 Å². The molecule has 0 N–H and O–H groups in total. The van der Waals surface area contributed by atoms with E-state index in [4.69, 9.17) is 14.2 Å². The number of fused-ring (bicyclic) bond motifs is 3. The summed E-state index contributed by atoms with van der Waals surface area (Å²) >= 11 is 0. The van der Waals surface area contributed by atoms with Crippen LogP contribution in [0.4, 0.5) is 0 Å². The van der Waals surface area contributed by atoms with Crippen molar-refractivity contribution in [2.24, 2.45) is 5.92 Å². The van der Waals surface area contributed by atoms with Gasteiger partial charge < -0.3 is 14.2 Å². The lowest BCUT2D eigenvalue weighted by molar-refractivity contribution is -0.153. The summed E-state index contributed by atoms with van der Waals surface area (Å²) in [5.74, 6) is -1.19. The molecule has 4 rings (SSSR count). The minimum Gasteiger partial charge on any atom is -0.465 e. The van der Waals surface area contributed by atoms with E-state index in [-0.39, 0.29) is 50.2 Å². The van der Waals surface area contributed by atoms with Crippen molar-refractivity contribution in [1.82, 2.24) is 0 Å². The van der Waals surface area contributed by atoms with E-state index in [1.54, 1.807) is 0 Å². The average Bonchev–Trinajstić information content (AvgIpc) is 3.20.